The third-order valence-electron chi connectivity index (χ3n) is 6.24. The molecular weight excluding hydrogens is 454 g/mol. The zero-order valence-corrected chi connectivity index (χ0v) is 19.1. The van der Waals surface area contributed by atoms with E-state index in [0.29, 0.717) is 57.1 Å². The van der Waals surface area contributed by atoms with Gasteiger partial charge in [0.15, 0.2) is 0 Å². The summed E-state index contributed by atoms with van der Waals surface area (Å²) in [7, 11) is 0. The Bertz CT molecular complexity index is 958. The highest BCUT2D eigenvalue weighted by Crippen LogP contribution is 2.30. The molecule has 180 valence electrons. The van der Waals surface area contributed by atoms with Crippen LogP contribution in [0.25, 0.3) is 0 Å². The fourth-order valence-corrected chi connectivity index (χ4v) is 4.62. The maximum atomic E-state index is 14.1. The minimum Gasteiger partial charge on any atom is -0.490 e. The number of aliphatic hydroxyl groups is 2. The van der Waals surface area contributed by atoms with Crippen LogP contribution in [0.1, 0.15) is 12.8 Å². The van der Waals surface area contributed by atoms with Crippen LogP contribution in [-0.4, -0.2) is 78.9 Å². The molecule has 4 rings (SSSR count). The Kier molecular flexibility index (Phi) is 7.40. The molecule has 0 aromatic heterocycles. The van der Waals surface area contributed by atoms with Gasteiger partial charge < -0.3 is 24.6 Å². The molecule has 9 heteroatoms. The summed E-state index contributed by atoms with van der Waals surface area (Å²) in [6.45, 7) is 2.70. The van der Waals surface area contributed by atoms with Crippen molar-refractivity contribution in [1.29, 1.82) is 0 Å². The fourth-order valence-electron chi connectivity index (χ4n) is 4.45. The van der Waals surface area contributed by atoms with Crippen molar-refractivity contribution in [3.63, 3.8) is 0 Å². The van der Waals surface area contributed by atoms with E-state index in [-0.39, 0.29) is 30.6 Å². The second kappa shape index (κ2) is 10.1. The SMILES string of the molecule is OC1(CN2CCOCC(O)(COc3ccc(F)c(Cl)c3)C2)CCN(c2ccccc2F)CC1. The van der Waals surface area contributed by atoms with Crippen molar-refractivity contribution >= 4 is 17.3 Å². The summed E-state index contributed by atoms with van der Waals surface area (Å²) in [6.07, 6.45) is 0.976. The van der Waals surface area contributed by atoms with Crippen molar-refractivity contribution in [2.45, 2.75) is 24.0 Å². The van der Waals surface area contributed by atoms with Crippen LogP contribution in [0.5, 0.6) is 5.75 Å². The number of ether oxygens (including phenoxy) is 2. The van der Waals surface area contributed by atoms with E-state index in [4.69, 9.17) is 21.1 Å². The van der Waals surface area contributed by atoms with E-state index in [0.717, 1.165) is 0 Å². The third kappa shape index (κ3) is 6.13. The minimum absolute atomic E-state index is 0.0535. The van der Waals surface area contributed by atoms with Crippen LogP contribution >= 0.6 is 11.6 Å². The summed E-state index contributed by atoms with van der Waals surface area (Å²) in [5.74, 6) is -0.453. The summed E-state index contributed by atoms with van der Waals surface area (Å²) in [6, 6.07) is 10.7. The molecule has 0 aliphatic carbocycles. The maximum Gasteiger partial charge on any atom is 0.146 e. The van der Waals surface area contributed by atoms with Crippen molar-refractivity contribution in [2.75, 3.05) is 57.4 Å². The normalized spacial score (nSPS) is 23.8. The monoisotopic (exact) mass is 482 g/mol. The van der Waals surface area contributed by atoms with Gasteiger partial charge in [-0.15, -0.1) is 0 Å². The molecule has 2 heterocycles. The lowest BCUT2D eigenvalue weighted by Gasteiger charge is -2.42. The Morgan fingerprint density at radius 3 is 2.48 bits per heavy atom. The van der Waals surface area contributed by atoms with E-state index >= 15 is 0 Å². The van der Waals surface area contributed by atoms with Gasteiger partial charge in [0, 0.05) is 38.8 Å². The highest BCUT2D eigenvalue weighted by molar-refractivity contribution is 6.30. The van der Waals surface area contributed by atoms with Gasteiger partial charge >= 0.3 is 0 Å². The first-order valence-electron chi connectivity index (χ1n) is 11.1. The standard InChI is InChI=1S/C24H29ClF2N2O4/c25-19-13-18(5-6-20(19)26)33-17-24(31)15-28(11-12-32-16-24)14-23(30)7-9-29(10-8-23)22-4-2-1-3-21(22)27/h1-6,13,30-31H,7-12,14-17H2. The summed E-state index contributed by atoms with van der Waals surface area (Å²) in [4.78, 5) is 3.93. The first kappa shape index (κ1) is 24.2. The van der Waals surface area contributed by atoms with E-state index in [9.17, 15) is 19.0 Å². The lowest BCUT2D eigenvalue weighted by Crippen LogP contribution is -2.55. The largest absolute Gasteiger partial charge is 0.490 e. The molecule has 2 saturated heterocycles. The number of halogens is 3. The van der Waals surface area contributed by atoms with E-state index in [1.807, 2.05) is 9.80 Å². The summed E-state index contributed by atoms with van der Waals surface area (Å²) < 4.78 is 38.7. The smallest absolute Gasteiger partial charge is 0.146 e. The molecule has 0 amide bonds. The van der Waals surface area contributed by atoms with Crippen LogP contribution in [0.3, 0.4) is 0 Å². The number of hydrogen-bond acceptors (Lipinski definition) is 6. The van der Waals surface area contributed by atoms with Crippen molar-refractivity contribution in [2.24, 2.45) is 0 Å². The number of benzene rings is 2. The predicted molar refractivity (Wildman–Crippen MR) is 122 cm³/mol. The molecule has 6 nitrogen and oxygen atoms in total. The highest BCUT2D eigenvalue weighted by atomic mass is 35.5. The lowest BCUT2D eigenvalue weighted by molar-refractivity contribution is -0.0742. The van der Waals surface area contributed by atoms with Crippen LogP contribution in [0, 0.1) is 11.6 Å². The molecule has 2 N–H and O–H groups in total. The van der Waals surface area contributed by atoms with E-state index in [1.165, 1.54) is 24.3 Å². The van der Waals surface area contributed by atoms with Crippen molar-refractivity contribution < 1.29 is 28.5 Å². The van der Waals surface area contributed by atoms with Gasteiger partial charge in [-0.05, 0) is 37.1 Å². The van der Waals surface area contributed by atoms with Crippen LogP contribution in [0.4, 0.5) is 14.5 Å². The van der Waals surface area contributed by atoms with Gasteiger partial charge in [0.1, 0.15) is 29.6 Å². The third-order valence-corrected chi connectivity index (χ3v) is 6.53. The number of β-amino-alcohol motifs (C(OH)–C–C–N with tert-alkyl or cyclic N) is 2. The number of anilines is 1. The van der Waals surface area contributed by atoms with Crippen molar-refractivity contribution in [3.05, 3.63) is 59.1 Å². The molecule has 33 heavy (non-hydrogen) atoms. The summed E-state index contributed by atoms with van der Waals surface area (Å²) >= 11 is 5.80. The molecule has 0 saturated carbocycles. The first-order valence-corrected chi connectivity index (χ1v) is 11.5. The average Bonchev–Trinajstić information content (AvgIpc) is 2.97. The second-order valence-electron chi connectivity index (χ2n) is 9.01. The predicted octanol–water partition coefficient (Wildman–Crippen LogP) is 3.09. The molecule has 0 bridgehead atoms. The molecule has 2 aliphatic rings. The van der Waals surface area contributed by atoms with Crippen LogP contribution in [0.15, 0.2) is 42.5 Å². The Morgan fingerprint density at radius 2 is 1.76 bits per heavy atom. The Labute approximate surface area is 197 Å². The number of para-hydroxylation sites is 1. The maximum absolute atomic E-state index is 14.1. The number of nitrogens with zero attached hydrogens (tertiary/aromatic N) is 2. The number of piperidine rings is 1. The topological polar surface area (TPSA) is 65.4 Å². The van der Waals surface area contributed by atoms with Crippen LogP contribution in [-0.2, 0) is 4.74 Å². The molecule has 2 aliphatic heterocycles. The van der Waals surface area contributed by atoms with E-state index in [2.05, 4.69) is 0 Å². The minimum atomic E-state index is -1.30. The quantitative estimate of drug-likeness (QED) is 0.659. The Hall–Kier alpha value is -1.97. The summed E-state index contributed by atoms with van der Waals surface area (Å²) in [5.41, 5.74) is -1.70. The molecule has 1 atom stereocenters. The van der Waals surface area contributed by atoms with Gasteiger partial charge in [0.05, 0.1) is 29.5 Å². The molecule has 2 fully saturated rings. The molecule has 2 aromatic rings. The van der Waals surface area contributed by atoms with E-state index < -0.39 is 17.0 Å². The Balaban J connectivity index is 1.34. The summed E-state index contributed by atoms with van der Waals surface area (Å²) in [5, 5.41) is 22.3. The van der Waals surface area contributed by atoms with E-state index in [1.54, 1.807) is 18.2 Å². The van der Waals surface area contributed by atoms with Gasteiger partial charge in [-0.25, -0.2) is 8.78 Å². The molecule has 0 spiro atoms. The lowest BCUT2D eigenvalue weighted by atomic mass is 9.90. The van der Waals surface area contributed by atoms with Gasteiger partial charge in [-0.2, -0.15) is 0 Å². The second-order valence-corrected chi connectivity index (χ2v) is 9.42. The van der Waals surface area contributed by atoms with Crippen molar-refractivity contribution in [1.82, 2.24) is 4.90 Å². The molecule has 0 radical (unpaired) electrons. The van der Waals surface area contributed by atoms with Gasteiger partial charge in [-0.3, -0.25) is 4.90 Å². The zero-order chi connectivity index (χ0) is 23.5. The van der Waals surface area contributed by atoms with Gasteiger partial charge in [-0.1, -0.05) is 23.7 Å². The van der Waals surface area contributed by atoms with Crippen LogP contribution in [0.2, 0.25) is 5.02 Å². The highest BCUT2D eigenvalue weighted by Gasteiger charge is 2.39. The number of rotatable bonds is 6. The molecular formula is C24H29ClF2N2O4. The zero-order valence-electron chi connectivity index (χ0n) is 18.4. The molecule has 2 aromatic carbocycles. The first-order chi connectivity index (χ1) is 15.8. The van der Waals surface area contributed by atoms with Gasteiger partial charge in [0.2, 0.25) is 0 Å². The number of hydrogen-bond donors (Lipinski definition) is 2. The fraction of sp³-hybridized carbons (Fsp3) is 0.500. The average molecular weight is 483 g/mol. The van der Waals surface area contributed by atoms with Crippen molar-refractivity contribution in [3.8, 4) is 5.75 Å². The Morgan fingerprint density at radius 1 is 1.00 bits per heavy atom. The molecule has 1 unspecified atom stereocenters. The van der Waals surface area contributed by atoms with Gasteiger partial charge in [0.25, 0.3) is 0 Å². The van der Waals surface area contributed by atoms with Crippen LogP contribution < -0.4 is 9.64 Å².